The van der Waals surface area contributed by atoms with Crippen LogP contribution in [0.3, 0.4) is 0 Å². The fourth-order valence-electron chi connectivity index (χ4n) is 2.31. The summed E-state index contributed by atoms with van der Waals surface area (Å²) in [5.74, 6) is -0.145. The van der Waals surface area contributed by atoms with Gasteiger partial charge in [-0.1, -0.05) is 36.4 Å². The summed E-state index contributed by atoms with van der Waals surface area (Å²) < 4.78 is 14.4. The van der Waals surface area contributed by atoms with Crippen molar-refractivity contribution >= 4 is 0 Å². The Morgan fingerprint density at radius 3 is 1.95 bits per heavy atom. The second-order valence-electron chi connectivity index (χ2n) is 4.93. The molecule has 3 heteroatoms. The van der Waals surface area contributed by atoms with Crippen LogP contribution >= 0.6 is 0 Å². The topological polar surface area (TPSA) is 44.0 Å². The van der Waals surface area contributed by atoms with Crippen molar-refractivity contribution in [2.24, 2.45) is 0 Å². The van der Waals surface area contributed by atoms with Gasteiger partial charge in [-0.15, -0.1) is 0 Å². The molecule has 22 heavy (non-hydrogen) atoms. The Morgan fingerprint density at radius 1 is 0.773 bits per heavy atom. The van der Waals surface area contributed by atoms with E-state index in [1.54, 1.807) is 54.6 Å². The lowest BCUT2D eigenvalue weighted by Gasteiger charge is -2.07. The van der Waals surface area contributed by atoms with E-state index < -0.39 is 0 Å². The first-order chi connectivity index (χ1) is 10.7. The molecule has 3 aromatic rings. The van der Waals surface area contributed by atoms with E-state index in [1.165, 1.54) is 6.07 Å². The van der Waals surface area contributed by atoms with E-state index in [9.17, 15) is 9.50 Å². The largest absolute Gasteiger partial charge is 0.508 e. The Morgan fingerprint density at radius 2 is 1.36 bits per heavy atom. The van der Waals surface area contributed by atoms with E-state index in [0.29, 0.717) is 11.1 Å². The summed E-state index contributed by atoms with van der Waals surface area (Å²) in [4.78, 5) is 0. The minimum atomic E-state index is -0.324. The Kier molecular flexibility index (Phi) is 3.59. The van der Waals surface area contributed by atoms with E-state index in [-0.39, 0.29) is 11.6 Å². The van der Waals surface area contributed by atoms with Crippen LogP contribution in [0.25, 0.3) is 22.3 Å². The Labute approximate surface area is 127 Å². The molecule has 0 amide bonds. The van der Waals surface area contributed by atoms with Crippen molar-refractivity contribution < 1.29 is 9.50 Å². The van der Waals surface area contributed by atoms with Gasteiger partial charge in [0.05, 0.1) is 11.6 Å². The zero-order chi connectivity index (χ0) is 15.5. The molecule has 3 rings (SSSR count). The molecule has 2 nitrogen and oxygen atoms in total. The summed E-state index contributed by atoms with van der Waals surface area (Å²) in [6.07, 6.45) is 0. The molecule has 0 aliphatic heterocycles. The molecule has 0 aliphatic carbocycles. The number of nitrogens with zero attached hydrogens (tertiary/aromatic N) is 1. The second-order valence-corrected chi connectivity index (χ2v) is 4.93. The van der Waals surface area contributed by atoms with Crippen molar-refractivity contribution in [1.29, 1.82) is 5.26 Å². The van der Waals surface area contributed by atoms with Crippen LogP contribution in [0.15, 0.2) is 66.7 Å². The molecule has 0 heterocycles. The second kappa shape index (κ2) is 5.71. The number of halogens is 1. The number of rotatable bonds is 2. The molecule has 0 saturated heterocycles. The third-order valence-corrected chi connectivity index (χ3v) is 3.49. The number of phenolic OH excluding ortho intramolecular Hbond substituents is 1. The van der Waals surface area contributed by atoms with Gasteiger partial charge in [-0.2, -0.15) is 5.26 Å². The highest BCUT2D eigenvalue weighted by Crippen LogP contribution is 2.28. The van der Waals surface area contributed by atoms with Gasteiger partial charge in [-0.25, -0.2) is 4.39 Å². The molecule has 0 radical (unpaired) electrons. The number of hydrogen-bond donors (Lipinski definition) is 1. The molecule has 0 bridgehead atoms. The summed E-state index contributed by atoms with van der Waals surface area (Å²) in [6.45, 7) is 0. The molecule has 106 valence electrons. The molecule has 0 spiro atoms. The monoisotopic (exact) mass is 289 g/mol. The fourth-order valence-corrected chi connectivity index (χ4v) is 2.31. The molecule has 0 aliphatic rings. The van der Waals surface area contributed by atoms with Crippen molar-refractivity contribution in [3.8, 4) is 34.1 Å². The summed E-state index contributed by atoms with van der Waals surface area (Å²) in [6, 6.07) is 20.5. The molecular weight excluding hydrogens is 277 g/mol. The van der Waals surface area contributed by atoms with Gasteiger partial charge in [0.25, 0.3) is 0 Å². The van der Waals surface area contributed by atoms with Gasteiger partial charge in [0, 0.05) is 5.56 Å². The van der Waals surface area contributed by atoms with Crippen molar-refractivity contribution in [1.82, 2.24) is 0 Å². The van der Waals surface area contributed by atoms with Crippen molar-refractivity contribution in [2.45, 2.75) is 0 Å². The van der Waals surface area contributed by atoms with Crippen LogP contribution in [-0.4, -0.2) is 5.11 Å². The standard InChI is InChI=1S/C19H12FNO/c20-19-11-16(14-5-8-17(22)9-6-14)7-10-18(19)15-3-1-13(12-21)2-4-15/h1-11,22H. The quantitative estimate of drug-likeness (QED) is 0.740. The Bertz CT molecular complexity index is 846. The smallest absolute Gasteiger partial charge is 0.131 e. The molecule has 0 unspecified atom stereocenters. The zero-order valence-electron chi connectivity index (χ0n) is 11.6. The van der Waals surface area contributed by atoms with E-state index in [1.807, 2.05) is 12.1 Å². The van der Waals surface area contributed by atoms with Gasteiger partial charge in [0.1, 0.15) is 11.6 Å². The average molecular weight is 289 g/mol. The minimum Gasteiger partial charge on any atom is -0.508 e. The lowest BCUT2D eigenvalue weighted by Crippen LogP contribution is -1.87. The maximum absolute atomic E-state index is 14.4. The van der Waals surface area contributed by atoms with Crippen LogP contribution < -0.4 is 0 Å². The predicted molar refractivity (Wildman–Crippen MR) is 83.7 cm³/mol. The summed E-state index contributed by atoms with van der Waals surface area (Å²) in [5, 5.41) is 18.1. The number of hydrogen-bond acceptors (Lipinski definition) is 2. The predicted octanol–water partition coefficient (Wildman–Crippen LogP) is 4.74. The van der Waals surface area contributed by atoms with E-state index in [4.69, 9.17) is 5.26 Å². The van der Waals surface area contributed by atoms with Crippen LogP contribution in [-0.2, 0) is 0 Å². The average Bonchev–Trinajstić information content (AvgIpc) is 2.56. The highest BCUT2D eigenvalue weighted by molar-refractivity contribution is 5.71. The third-order valence-electron chi connectivity index (χ3n) is 3.49. The first kappa shape index (κ1) is 13.8. The summed E-state index contributed by atoms with van der Waals surface area (Å²) in [7, 11) is 0. The summed E-state index contributed by atoms with van der Waals surface area (Å²) >= 11 is 0. The fraction of sp³-hybridized carbons (Fsp3) is 0. The number of nitriles is 1. The van der Waals surface area contributed by atoms with Crippen molar-refractivity contribution in [3.05, 3.63) is 78.1 Å². The zero-order valence-corrected chi connectivity index (χ0v) is 11.6. The number of aromatic hydroxyl groups is 1. The SMILES string of the molecule is N#Cc1ccc(-c2ccc(-c3ccc(O)cc3)cc2F)cc1. The molecule has 0 fully saturated rings. The number of benzene rings is 3. The minimum absolute atomic E-state index is 0.179. The highest BCUT2D eigenvalue weighted by Gasteiger charge is 2.07. The van der Waals surface area contributed by atoms with Gasteiger partial charge in [0.2, 0.25) is 0 Å². The van der Waals surface area contributed by atoms with Gasteiger partial charge in [-0.3, -0.25) is 0 Å². The Hall–Kier alpha value is -3.12. The van der Waals surface area contributed by atoms with E-state index in [2.05, 4.69) is 0 Å². The van der Waals surface area contributed by atoms with Crippen LogP contribution in [0.2, 0.25) is 0 Å². The normalized spacial score (nSPS) is 10.2. The van der Waals surface area contributed by atoms with Gasteiger partial charge >= 0.3 is 0 Å². The lowest BCUT2D eigenvalue weighted by molar-refractivity contribution is 0.475. The third kappa shape index (κ3) is 2.68. The lowest BCUT2D eigenvalue weighted by atomic mass is 9.99. The van der Waals surface area contributed by atoms with Crippen molar-refractivity contribution in [2.75, 3.05) is 0 Å². The van der Waals surface area contributed by atoms with Crippen LogP contribution in [0, 0.1) is 17.1 Å². The first-order valence-corrected chi connectivity index (χ1v) is 6.77. The maximum atomic E-state index is 14.4. The molecular formula is C19H12FNO. The molecule has 0 atom stereocenters. The summed E-state index contributed by atoms with van der Waals surface area (Å²) in [5.41, 5.74) is 3.35. The van der Waals surface area contributed by atoms with Gasteiger partial charge in [-0.05, 0) is 47.0 Å². The van der Waals surface area contributed by atoms with Crippen LogP contribution in [0.5, 0.6) is 5.75 Å². The van der Waals surface area contributed by atoms with Crippen LogP contribution in [0.4, 0.5) is 4.39 Å². The molecule has 1 N–H and O–H groups in total. The van der Waals surface area contributed by atoms with Gasteiger partial charge < -0.3 is 5.11 Å². The van der Waals surface area contributed by atoms with E-state index >= 15 is 0 Å². The number of phenols is 1. The van der Waals surface area contributed by atoms with Gasteiger partial charge in [0.15, 0.2) is 0 Å². The highest BCUT2D eigenvalue weighted by atomic mass is 19.1. The molecule has 0 saturated carbocycles. The van der Waals surface area contributed by atoms with Crippen LogP contribution in [0.1, 0.15) is 5.56 Å². The maximum Gasteiger partial charge on any atom is 0.131 e. The Balaban J connectivity index is 1.98. The molecule has 3 aromatic carbocycles. The molecule has 0 aromatic heterocycles. The van der Waals surface area contributed by atoms with Crippen molar-refractivity contribution in [3.63, 3.8) is 0 Å². The first-order valence-electron chi connectivity index (χ1n) is 6.77. The van der Waals surface area contributed by atoms with E-state index in [0.717, 1.165) is 16.7 Å².